The molecule has 0 aliphatic carbocycles. The molecule has 0 saturated heterocycles. The Bertz CT molecular complexity index is 1390. The van der Waals surface area contributed by atoms with Gasteiger partial charge >= 0.3 is 5.97 Å². The van der Waals surface area contributed by atoms with Crippen LogP contribution in [0.5, 0.6) is 5.75 Å². The Morgan fingerprint density at radius 2 is 1.68 bits per heavy atom. The average Bonchev–Trinajstić information content (AvgIpc) is 2.94. The minimum atomic E-state index is -0.689. The highest BCUT2D eigenvalue weighted by molar-refractivity contribution is 5.86. The highest BCUT2D eigenvalue weighted by atomic mass is 16.5. The number of fused-ring (bicyclic) bond motifs is 2. The van der Waals surface area contributed by atoms with Crippen molar-refractivity contribution in [2.75, 3.05) is 13.7 Å². The van der Waals surface area contributed by atoms with Crippen molar-refractivity contribution in [3.8, 4) is 5.75 Å². The average molecular weight is 494 g/mol. The fraction of sp³-hybridized carbons (Fsp3) is 0.303. The zero-order chi connectivity index (χ0) is 26.0. The maximum atomic E-state index is 12.3. The SMILES string of the molecule is COC(=O)C(C)(C)c1ccc([C@@H]2C[C@H](CN[C@H](C)c3cccc4ccccc34)Oc3ccccc32)cc1. The molecule has 1 heterocycles. The topological polar surface area (TPSA) is 47.6 Å². The molecule has 4 aromatic rings. The number of ether oxygens (including phenoxy) is 2. The number of benzene rings is 4. The van der Waals surface area contributed by atoms with Gasteiger partial charge in [-0.15, -0.1) is 0 Å². The predicted octanol–water partition coefficient (Wildman–Crippen LogP) is 6.92. The molecule has 190 valence electrons. The summed E-state index contributed by atoms with van der Waals surface area (Å²) in [5, 5.41) is 6.28. The Hall–Kier alpha value is -3.63. The van der Waals surface area contributed by atoms with Crippen LogP contribution < -0.4 is 10.1 Å². The van der Waals surface area contributed by atoms with E-state index in [4.69, 9.17) is 9.47 Å². The van der Waals surface area contributed by atoms with Gasteiger partial charge in [-0.25, -0.2) is 0 Å². The molecule has 0 radical (unpaired) electrons. The number of carbonyl (C=O) groups is 1. The summed E-state index contributed by atoms with van der Waals surface area (Å²) in [6.45, 7) is 6.77. The number of rotatable bonds is 7. The van der Waals surface area contributed by atoms with Crippen molar-refractivity contribution >= 4 is 16.7 Å². The molecule has 37 heavy (non-hydrogen) atoms. The van der Waals surface area contributed by atoms with Crippen LogP contribution in [0.4, 0.5) is 0 Å². The number of esters is 1. The summed E-state index contributed by atoms with van der Waals surface area (Å²) in [5.74, 6) is 0.936. The number of hydrogen-bond acceptors (Lipinski definition) is 4. The minimum Gasteiger partial charge on any atom is -0.489 e. The van der Waals surface area contributed by atoms with E-state index in [-0.39, 0.29) is 24.0 Å². The fourth-order valence-corrected chi connectivity index (χ4v) is 5.49. The summed E-state index contributed by atoms with van der Waals surface area (Å²) in [6.07, 6.45) is 0.926. The molecule has 1 aliphatic rings. The molecule has 4 heteroatoms. The van der Waals surface area contributed by atoms with Crippen molar-refractivity contribution in [1.29, 1.82) is 0 Å². The van der Waals surface area contributed by atoms with Crippen LogP contribution in [0.3, 0.4) is 0 Å². The van der Waals surface area contributed by atoms with Gasteiger partial charge in [0.2, 0.25) is 0 Å². The third-order valence-corrected chi connectivity index (χ3v) is 7.76. The molecule has 0 aromatic heterocycles. The lowest BCUT2D eigenvalue weighted by atomic mass is 9.80. The van der Waals surface area contributed by atoms with Crippen molar-refractivity contribution in [3.05, 3.63) is 113 Å². The Morgan fingerprint density at radius 3 is 2.46 bits per heavy atom. The molecule has 0 fully saturated rings. The minimum absolute atomic E-state index is 0.0449. The summed E-state index contributed by atoms with van der Waals surface area (Å²) < 4.78 is 11.5. The second-order valence-electron chi connectivity index (χ2n) is 10.5. The first-order valence-electron chi connectivity index (χ1n) is 13.0. The Kier molecular flexibility index (Phi) is 7.03. The second kappa shape index (κ2) is 10.4. The molecule has 3 atom stereocenters. The van der Waals surface area contributed by atoms with E-state index in [1.807, 2.05) is 19.9 Å². The van der Waals surface area contributed by atoms with E-state index in [0.717, 1.165) is 24.3 Å². The molecule has 5 rings (SSSR count). The largest absolute Gasteiger partial charge is 0.489 e. The summed E-state index contributed by atoms with van der Waals surface area (Å²) in [7, 11) is 1.44. The van der Waals surface area contributed by atoms with Crippen LogP contribution in [0.1, 0.15) is 61.4 Å². The fourth-order valence-electron chi connectivity index (χ4n) is 5.49. The van der Waals surface area contributed by atoms with Crippen LogP contribution in [-0.2, 0) is 14.9 Å². The van der Waals surface area contributed by atoms with E-state index in [1.165, 1.54) is 34.6 Å². The van der Waals surface area contributed by atoms with Gasteiger partial charge in [-0.3, -0.25) is 4.79 Å². The van der Waals surface area contributed by atoms with E-state index in [2.05, 4.69) is 97.2 Å². The first kappa shape index (κ1) is 25.0. The maximum absolute atomic E-state index is 12.3. The summed E-state index contributed by atoms with van der Waals surface area (Å²) in [6, 6.07) is 32.0. The molecule has 1 N–H and O–H groups in total. The molecule has 4 aromatic carbocycles. The van der Waals surface area contributed by atoms with Crippen LogP contribution in [0.15, 0.2) is 91.0 Å². The number of carbonyl (C=O) groups excluding carboxylic acids is 1. The number of para-hydroxylation sites is 1. The third kappa shape index (κ3) is 4.99. The maximum Gasteiger partial charge on any atom is 0.315 e. The van der Waals surface area contributed by atoms with Gasteiger partial charge in [-0.05, 0) is 60.7 Å². The van der Waals surface area contributed by atoms with Gasteiger partial charge in [-0.1, -0.05) is 84.9 Å². The van der Waals surface area contributed by atoms with Gasteiger partial charge in [0, 0.05) is 24.1 Å². The Labute approximate surface area is 219 Å². The van der Waals surface area contributed by atoms with Crippen molar-refractivity contribution in [1.82, 2.24) is 5.32 Å². The van der Waals surface area contributed by atoms with Gasteiger partial charge in [0.15, 0.2) is 0 Å². The van der Waals surface area contributed by atoms with E-state index >= 15 is 0 Å². The Morgan fingerprint density at radius 1 is 0.973 bits per heavy atom. The Balaban J connectivity index is 1.35. The number of nitrogens with one attached hydrogen (secondary N) is 1. The molecule has 0 saturated carbocycles. The van der Waals surface area contributed by atoms with Crippen LogP contribution in [0, 0.1) is 0 Å². The lowest BCUT2D eigenvalue weighted by molar-refractivity contribution is -0.146. The van der Waals surface area contributed by atoms with Crippen molar-refractivity contribution in [3.63, 3.8) is 0 Å². The van der Waals surface area contributed by atoms with Gasteiger partial charge in [0.25, 0.3) is 0 Å². The zero-order valence-corrected chi connectivity index (χ0v) is 22.0. The van der Waals surface area contributed by atoms with E-state index in [0.29, 0.717) is 0 Å². The molecular weight excluding hydrogens is 458 g/mol. The third-order valence-electron chi connectivity index (χ3n) is 7.76. The highest BCUT2D eigenvalue weighted by Gasteiger charge is 2.33. The number of hydrogen-bond donors (Lipinski definition) is 1. The van der Waals surface area contributed by atoms with Crippen LogP contribution in [0.2, 0.25) is 0 Å². The lowest BCUT2D eigenvalue weighted by Crippen LogP contribution is -2.37. The summed E-state index contributed by atoms with van der Waals surface area (Å²) >= 11 is 0. The van der Waals surface area contributed by atoms with E-state index < -0.39 is 5.41 Å². The molecule has 4 nitrogen and oxygen atoms in total. The summed E-state index contributed by atoms with van der Waals surface area (Å²) in [4.78, 5) is 12.3. The smallest absolute Gasteiger partial charge is 0.315 e. The van der Waals surface area contributed by atoms with Gasteiger partial charge in [-0.2, -0.15) is 0 Å². The molecule has 0 bridgehead atoms. The zero-order valence-electron chi connectivity index (χ0n) is 22.0. The monoisotopic (exact) mass is 493 g/mol. The van der Waals surface area contributed by atoms with E-state index in [1.54, 1.807) is 0 Å². The van der Waals surface area contributed by atoms with Crippen LogP contribution >= 0.6 is 0 Å². The van der Waals surface area contributed by atoms with Gasteiger partial charge in [0.05, 0.1) is 12.5 Å². The lowest BCUT2D eigenvalue weighted by Gasteiger charge is -2.34. The van der Waals surface area contributed by atoms with E-state index in [9.17, 15) is 4.79 Å². The molecule has 0 unspecified atom stereocenters. The quantitative estimate of drug-likeness (QED) is 0.284. The molecule has 0 spiro atoms. The number of methoxy groups -OCH3 is 1. The molecular formula is C33H35NO3. The first-order valence-corrected chi connectivity index (χ1v) is 13.0. The van der Waals surface area contributed by atoms with Crippen LogP contribution in [-0.4, -0.2) is 25.7 Å². The molecule has 0 amide bonds. The summed E-state index contributed by atoms with van der Waals surface area (Å²) in [5.41, 5.74) is 4.00. The molecule has 1 aliphatic heterocycles. The predicted molar refractivity (Wildman–Crippen MR) is 149 cm³/mol. The van der Waals surface area contributed by atoms with Crippen LogP contribution in [0.25, 0.3) is 10.8 Å². The van der Waals surface area contributed by atoms with Gasteiger partial charge in [0.1, 0.15) is 11.9 Å². The second-order valence-corrected chi connectivity index (χ2v) is 10.5. The normalized spacial score (nSPS) is 18.1. The van der Waals surface area contributed by atoms with Crippen molar-refractivity contribution < 1.29 is 14.3 Å². The standard InChI is InChI=1S/C33H35NO3/c1-22(27-14-9-11-23-10-5-6-12-28(23)27)34-21-26-20-30(29-13-7-8-15-31(29)37-26)24-16-18-25(19-17-24)33(2,3)32(35)36-4/h5-19,22,26,30,34H,20-21H2,1-4H3/t22-,26-,30+/m1/s1. The van der Waals surface area contributed by atoms with Gasteiger partial charge < -0.3 is 14.8 Å². The van der Waals surface area contributed by atoms with Crippen molar-refractivity contribution in [2.45, 2.75) is 50.7 Å². The van der Waals surface area contributed by atoms with Crippen molar-refractivity contribution in [2.24, 2.45) is 0 Å². The highest BCUT2D eigenvalue weighted by Crippen LogP contribution is 2.41. The first-order chi connectivity index (χ1) is 17.9.